The summed E-state index contributed by atoms with van der Waals surface area (Å²) >= 11 is 0. The molecule has 0 saturated carbocycles. The Hall–Kier alpha value is -1.28. The molecule has 1 N–H and O–H groups in total. The van der Waals surface area contributed by atoms with Crippen molar-refractivity contribution >= 4 is 11.0 Å². The highest BCUT2D eigenvalue weighted by Gasteiger charge is 2.17. The lowest BCUT2D eigenvalue weighted by Crippen LogP contribution is -2.19. The summed E-state index contributed by atoms with van der Waals surface area (Å²) in [5, 5.41) is 4.77. The molecule has 2 aromatic rings. The van der Waals surface area contributed by atoms with Gasteiger partial charge in [0.1, 0.15) is 11.3 Å². The number of aryl methyl sites for hydroxylation is 3. The summed E-state index contributed by atoms with van der Waals surface area (Å²) in [5.41, 5.74) is 4.86. The van der Waals surface area contributed by atoms with Crippen molar-refractivity contribution in [2.24, 2.45) is 0 Å². The molecule has 0 aliphatic rings. The molecular formula is C16H23NO. The van der Waals surface area contributed by atoms with E-state index < -0.39 is 0 Å². The van der Waals surface area contributed by atoms with Gasteiger partial charge < -0.3 is 9.73 Å². The summed E-state index contributed by atoms with van der Waals surface area (Å²) in [5.74, 6) is 1.08. The Kier molecular flexibility index (Phi) is 3.76. The smallest absolute Gasteiger partial charge is 0.135 e. The first kappa shape index (κ1) is 13.2. The molecule has 1 heterocycles. The van der Waals surface area contributed by atoms with E-state index in [0.717, 1.165) is 24.3 Å². The lowest BCUT2D eigenvalue weighted by Gasteiger charge is -2.11. The van der Waals surface area contributed by atoms with Gasteiger partial charge in [-0.3, -0.25) is 0 Å². The Bertz CT molecular complexity index is 554. The SMILES string of the molecule is CCCNC(C)c1oc2cc(C)cc(C)c2c1C. The molecule has 0 spiro atoms. The molecule has 98 valence electrons. The molecule has 0 aliphatic carbocycles. The Labute approximate surface area is 109 Å². The minimum absolute atomic E-state index is 0.275. The monoisotopic (exact) mass is 245 g/mol. The number of benzene rings is 1. The quantitative estimate of drug-likeness (QED) is 0.862. The van der Waals surface area contributed by atoms with Gasteiger partial charge in [-0.1, -0.05) is 13.0 Å². The first-order valence-electron chi connectivity index (χ1n) is 6.78. The average molecular weight is 245 g/mol. The largest absolute Gasteiger partial charge is 0.459 e. The summed E-state index contributed by atoms with van der Waals surface area (Å²) in [6, 6.07) is 4.63. The van der Waals surface area contributed by atoms with E-state index in [-0.39, 0.29) is 6.04 Å². The van der Waals surface area contributed by atoms with E-state index in [1.165, 1.54) is 22.1 Å². The van der Waals surface area contributed by atoms with Gasteiger partial charge in [0.05, 0.1) is 6.04 Å². The Morgan fingerprint density at radius 1 is 1.22 bits per heavy atom. The number of hydrogen-bond acceptors (Lipinski definition) is 2. The van der Waals surface area contributed by atoms with Gasteiger partial charge in [0, 0.05) is 10.9 Å². The van der Waals surface area contributed by atoms with Crippen molar-refractivity contribution in [3.8, 4) is 0 Å². The third-order valence-corrected chi connectivity index (χ3v) is 3.50. The van der Waals surface area contributed by atoms with Crippen molar-refractivity contribution in [3.63, 3.8) is 0 Å². The Morgan fingerprint density at radius 3 is 2.61 bits per heavy atom. The summed E-state index contributed by atoms with van der Waals surface area (Å²) in [6.45, 7) is 11.8. The molecule has 1 aromatic heterocycles. The van der Waals surface area contributed by atoms with Crippen molar-refractivity contribution < 1.29 is 4.42 Å². The Balaban J connectivity index is 2.47. The van der Waals surface area contributed by atoms with Crippen LogP contribution in [0.15, 0.2) is 16.5 Å². The third-order valence-electron chi connectivity index (χ3n) is 3.50. The zero-order valence-electron chi connectivity index (χ0n) is 12.1. The van der Waals surface area contributed by atoms with Crippen LogP contribution in [0.4, 0.5) is 0 Å². The predicted octanol–water partition coefficient (Wildman–Crippen LogP) is 4.42. The second-order valence-corrected chi connectivity index (χ2v) is 5.22. The lowest BCUT2D eigenvalue weighted by atomic mass is 10.0. The highest BCUT2D eigenvalue weighted by atomic mass is 16.3. The normalized spacial score (nSPS) is 13.2. The van der Waals surface area contributed by atoms with Crippen molar-refractivity contribution in [2.75, 3.05) is 6.54 Å². The Morgan fingerprint density at radius 2 is 1.94 bits per heavy atom. The number of fused-ring (bicyclic) bond motifs is 1. The van der Waals surface area contributed by atoms with Gasteiger partial charge in [0.25, 0.3) is 0 Å². The van der Waals surface area contributed by atoms with Crippen LogP contribution in [0.25, 0.3) is 11.0 Å². The van der Waals surface area contributed by atoms with Crippen LogP contribution in [-0.4, -0.2) is 6.54 Å². The maximum absolute atomic E-state index is 6.06. The molecule has 0 saturated heterocycles. The molecular weight excluding hydrogens is 222 g/mol. The second-order valence-electron chi connectivity index (χ2n) is 5.22. The molecule has 0 amide bonds. The van der Waals surface area contributed by atoms with Crippen molar-refractivity contribution in [1.82, 2.24) is 5.32 Å². The van der Waals surface area contributed by atoms with Crippen LogP contribution in [0, 0.1) is 20.8 Å². The minimum Gasteiger partial charge on any atom is -0.459 e. The zero-order valence-corrected chi connectivity index (χ0v) is 12.1. The maximum atomic E-state index is 6.06. The van der Waals surface area contributed by atoms with Gasteiger partial charge in [-0.2, -0.15) is 0 Å². The molecule has 1 unspecified atom stereocenters. The minimum atomic E-state index is 0.275. The van der Waals surface area contributed by atoms with E-state index in [9.17, 15) is 0 Å². The fourth-order valence-electron chi connectivity index (χ4n) is 2.67. The van der Waals surface area contributed by atoms with Crippen LogP contribution in [0.1, 0.15) is 48.8 Å². The van der Waals surface area contributed by atoms with Gasteiger partial charge in [0.15, 0.2) is 0 Å². The van der Waals surface area contributed by atoms with Crippen LogP contribution < -0.4 is 5.32 Å². The van der Waals surface area contributed by atoms with Gasteiger partial charge in [0.2, 0.25) is 0 Å². The fourth-order valence-corrected chi connectivity index (χ4v) is 2.67. The first-order valence-corrected chi connectivity index (χ1v) is 6.78. The number of nitrogens with one attached hydrogen (secondary N) is 1. The number of furan rings is 1. The van der Waals surface area contributed by atoms with E-state index in [1.54, 1.807) is 0 Å². The van der Waals surface area contributed by atoms with E-state index >= 15 is 0 Å². The standard InChI is InChI=1S/C16H23NO/c1-6-7-17-13(5)16-12(4)15-11(3)8-10(2)9-14(15)18-16/h8-9,13,17H,6-7H2,1-5H3. The van der Waals surface area contributed by atoms with Crippen LogP contribution in [0.5, 0.6) is 0 Å². The molecule has 2 heteroatoms. The highest BCUT2D eigenvalue weighted by molar-refractivity contribution is 5.86. The highest BCUT2D eigenvalue weighted by Crippen LogP contribution is 2.32. The molecule has 0 aliphatic heterocycles. The van der Waals surface area contributed by atoms with Crippen molar-refractivity contribution in [1.29, 1.82) is 0 Å². The van der Waals surface area contributed by atoms with Gasteiger partial charge in [-0.05, 0) is 57.9 Å². The van der Waals surface area contributed by atoms with E-state index in [1.807, 2.05) is 0 Å². The molecule has 2 nitrogen and oxygen atoms in total. The van der Waals surface area contributed by atoms with Crippen LogP contribution in [0.3, 0.4) is 0 Å². The third kappa shape index (κ3) is 2.30. The molecule has 1 aromatic carbocycles. The van der Waals surface area contributed by atoms with Gasteiger partial charge >= 0.3 is 0 Å². The maximum Gasteiger partial charge on any atom is 0.135 e. The first-order chi connectivity index (χ1) is 8.54. The molecule has 18 heavy (non-hydrogen) atoms. The van der Waals surface area contributed by atoms with Crippen LogP contribution in [0.2, 0.25) is 0 Å². The average Bonchev–Trinajstić information content (AvgIpc) is 2.63. The van der Waals surface area contributed by atoms with E-state index in [2.05, 4.69) is 52.1 Å². The topological polar surface area (TPSA) is 25.2 Å². The zero-order chi connectivity index (χ0) is 13.3. The summed E-state index contributed by atoms with van der Waals surface area (Å²) in [6.07, 6.45) is 1.14. The molecule has 1 atom stereocenters. The van der Waals surface area contributed by atoms with Crippen LogP contribution >= 0.6 is 0 Å². The van der Waals surface area contributed by atoms with E-state index in [4.69, 9.17) is 4.42 Å². The summed E-state index contributed by atoms with van der Waals surface area (Å²) < 4.78 is 6.06. The number of rotatable bonds is 4. The second kappa shape index (κ2) is 5.15. The fraction of sp³-hybridized carbons (Fsp3) is 0.500. The van der Waals surface area contributed by atoms with Crippen molar-refractivity contribution in [3.05, 3.63) is 34.6 Å². The van der Waals surface area contributed by atoms with Crippen molar-refractivity contribution in [2.45, 2.75) is 47.1 Å². The van der Waals surface area contributed by atoms with E-state index in [0.29, 0.717) is 0 Å². The molecule has 0 radical (unpaired) electrons. The lowest BCUT2D eigenvalue weighted by molar-refractivity contribution is 0.448. The predicted molar refractivity (Wildman–Crippen MR) is 77.1 cm³/mol. The molecule has 2 rings (SSSR count). The molecule has 0 bridgehead atoms. The number of hydrogen-bond donors (Lipinski definition) is 1. The van der Waals surface area contributed by atoms with Gasteiger partial charge in [-0.25, -0.2) is 0 Å². The van der Waals surface area contributed by atoms with Gasteiger partial charge in [-0.15, -0.1) is 0 Å². The molecule has 0 fully saturated rings. The van der Waals surface area contributed by atoms with Crippen LogP contribution in [-0.2, 0) is 0 Å². The summed E-state index contributed by atoms with van der Waals surface area (Å²) in [4.78, 5) is 0. The summed E-state index contributed by atoms with van der Waals surface area (Å²) in [7, 11) is 0.